The van der Waals surface area contributed by atoms with Gasteiger partial charge in [0.05, 0.1) is 17.5 Å². The van der Waals surface area contributed by atoms with Gasteiger partial charge < -0.3 is 4.90 Å². The first-order valence-electron chi connectivity index (χ1n) is 8.00. The molecule has 1 aromatic carbocycles. The largest absolute Gasteiger partial charge is 0.352 e. The minimum absolute atomic E-state index is 0.00567. The lowest BCUT2D eigenvalue weighted by Crippen LogP contribution is -2.60. The van der Waals surface area contributed by atoms with E-state index >= 15 is 0 Å². The highest BCUT2D eigenvalue weighted by atomic mass is 32.2. The van der Waals surface area contributed by atoms with Gasteiger partial charge in [0.15, 0.2) is 5.82 Å². The second-order valence-corrected chi connectivity index (χ2v) is 8.31. The van der Waals surface area contributed by atoms with E-state index in [1.807, 2.05) is 54.3 Å². The molecule has 1 aliphatic rings. The van der Waals surface area contributed by atoms with Crippen molar-refractivity contribution in [3.05, 3.63) is 53.7 Å². The van der Waals surface area contributed by atoms with Gasteiger partial charge >= 0.3 is 0 Å². The van der Waals surface area contributed by atoms with Crippen molar-refractivity contribution in [1.82, 2.24) is 14.5 Å². The van der Waals surface area contributed by atoms with Gasteiger partial charge in [0.25, 0.3) is 0 Å². The third-order valence-corrected chi connectivity index (χ3v) is 6.31. The van der Waals surface area contributed by atoms with Crippen LogP contribution < -0.4 is 4.90 Å². The van der Waals surface area contributed by atoms with Crippen molar-refractivity contribution < 1.29 is 8.42 Å². The minimum atomic E-state index is -3.26. The zero-order valence-electron chi connectivity index (χ0n) is 14.0. The predicted molar refractivity (Wildman–Crippen MR) is 94.5 cm³/mol. The first-order chi connectivity index (χ1) is 11.5. The Morgan fingerprint density at radius 1 is 1.12 bits per heavy atom. The molecule has 2 aromatic rings. The smallest absolute Gasteiger partial charge is 0.214 e. The van der Waals surface area contributed by atoms with E-state index in [0.29, 0.717) is 19.5 Å². The number of sulfonamides is 1. The van der Waals surface area contributed by atoms with Crippen LogP contribution in [0.5, 0.6) is 0 Å². The fourth-order valence-corrected chi connectivity index (χ4v) is 4.06. The summed E-state index contributed by atoms with van der Waals surface area (Å²) in [6.45, 7) is 3.19. The van der Waals surface area contributed by atoms with Gasteiger partial charge in [-0.25, -0.2) is 8.42 Å². The van der Waals surface area contributed by atoms with E-state index in [2.05, 4.69) is 10.2 Å². The van der Waals surface area contributed by atoms with Crippen LogP contribution in [0.4, 0.5) is 5.82 Å². The molecule has 1 aliphatic heterocycles. The maximum absolute atomic E-state index is 12.5. The van der Waals surface area contributed by atoms with Gasteiger partial charge in [0.2, 0.25) is 10.0 Å². The van der Waals surface area contributed by atoms with Crippen molar-refractivity contribution in [1.29, 1.82) is 0 Å². The highest BCUT2D eigenvalue weighted by Crippen LogP contribution is 2.22. The molecule has 0 amide bonds. The Bertz CT molecular complexity index is 772. The first-order valence-corrected chi connectivity index (χ1v) is 9.61. The van der Waals surface area contributed by atoms with Gasteiger partial charge in [-0.05, 0) is 31.0 Å². The number of hydrogen-bond donors (Lipinski definition) is 0. The number of nitrogens with zero attached hydrogens (tertiary/aromatic N) is 4. The zero-order chi connectivity index (χ0) is 17.2. The van der Waals surface area contributed by atoms with E-state index in [1.54, 1.807) is 7.05 Å². The fourth-order valence-electron chi connectivity index (χ4n) is 2.70. The van der Waals surface area contributed by atoms with Crippen molar-refractivity contribution >= 4 is 15.8 Å². The molecule has 0 atom stereocenters. The number of benzene rings is 1. The topological polar surface area (TPSA) is 66.4 Å². The molecular weight excluding hydrogens is 324 g/mol. The molecule has 3 rings (SSSR count). The van der Waals surface area contributed by atoms with Crippen molar-refractivity contribution in [2.75, 3.05) is 30.8 Å². The molecule has 2 heterocycles. The maximum atomic E-state index is 12.5. The number of rotatable bonds is 6. The van der Waals surface area contributed by atoms with Gasteiger partial charge in [-0.3, -0.25) is 0 Å². The van der Waals surface area contributed by atoms with Crippen molar-refractivity contribution in [3.8, 4) is 0 Å². The standard InChI is InChI=1S/C17H22N4O2S/c1-14-8-9-17(19-18-14)21-12-16(13-21)20(2)24(22,23)11-10-15-6-4-3-5-7-15/h3-9,16H,10-13H2,1-2H3. The lowest BCUT2D eigenvalue weighted by atomic mass is 10.1. The van der Waals surface area contributed by atoms with Gasteiger partial charge in [0, 0.05) is 20.1 Å². The minimum Gasteiger partial charge on any atom is -0.352 e. The normalized spacial score (nSPS) is 15.5. The molecule has 0 spiro atoms. The van der Waals surface area contributed by atoms with Crippen LogP contribution in [0.2, 0.25) is 0 Å². The van der Waals surface area contributed by atoms with E-state index in [4.69, 9.17) is 0 Å². The molecule has 6 nitrogen and oxygen atoms in total. The van der Waals surface area contributed by atoms with Crippen LogP contribution in [0.3, 0.4) is 0 Å². The number of hydrogen-bond acceptors (Lipinski definition) is 5. The van der Waals surface area contributed by atoms with Crippen molar-refractivity contribution in [2.24, 2.45) is 0 Å². The molecule has 0 aliphatic carbocycles. The third kappa shape index (κ3) is 3.73. The summed E-state index contributed by atoms with van der Waals surface area (Å²) in [6, 6.07) is 13.5. The molecule has 0 saturated carbocycles. The maximum Gasteiger partial charge on any atom is 0.214 e. The average Bonchev–Trinajstić information content (AvgIpc) is 2.54. The third-order valence-electron chi connectivity index (χ3n) is 4.41. The Morgan fingerprint density at radius 2 is 1.83 bits per heavy atom. The summed E-state index contributed by atoms with van der Waals surface area (Å²) in [5.41, 5.74) is 1.91. The van der Waals surface area contributed by atoms with Crippen molar-refractivity contribution in [3.63, 3.8) is 0 Å². The SMILES string of the molecule is Cc1ccc(N2CC(N(C)S(=O)(=O)CCc3ccccc3)C2)nn1. The molecular formula is C17H22N4O2S. The zero-order valence-corrected chi connectivity index (χ0v) is 14.8. The molecule has 0 radical (unpaired) electrons. The Balaban J connectivity index is 1.55. The Morgan fingerprint density at radius 3 is 2.46 bits per heavy atom. The highest BCUT2D eigenvalue weighted by molar-refractivity contribution is 7.89. The van der Waals surface area contributed by atoms with E-state index in [9.17, 15) is 8.42 Å². The molecule has 1 aromatic heterocycles. The quantitative estimate of drug-likeness (QED) is 0.793. The summed E-state index contributed by atoms with van der Waals surface area (Å²) in [5.74, 6) is 0.931. The van der Waals surface area contributed by atoms with Crippen LogP contribution in [0.15, 0.2) is 42.5 Å². The van der Waals surface area contributed by atoms with Crippen LogP contribution in [0.25, 0.3) is 0 Å². The number of aromatic nitrogens is 2. The van der Waals surface area contributed by atoms with Crippen LogP contribution >= 0.6 is 0 Å². The summed E-state index contributed by atoms with van der Waals surface area (Å²) < 4.78 is 26.5. The second kappa shape index (κ2) is 6.86. The summed E-state index contributed by atoms with van der Waals surface area (Å²) in [6.07, 6.45) is 0.535. The van der Waals surface area contributed by atoms with E-state index in [1.165, 1.54) is 4.31 Å². The summed E-state index contributed by atoms with van der Waals surface area (Å²) >= 11 is 0. The van der Waals surface area contributed by atoms with Gasteiger partial charge in [-0.2, -0.15) is 9.40 Å². The monoisotopic (exact) mass is 346 g/mol. The summed E-state index contributed by atoms with van der Waals surface area (Å²) in [7, 11) is -1.59. The highest BCUT2D eigenvalue weighted by Gasteiger charge is 2.36. The molecule has 1 fully saturated rings. The molecule has 0 N–H and O–H groups in total. The average molecular weight is 346 g/mol. The van der Waals surface area contributed by atoms with Gasteiger partial charge in [-0.1, -0.05) is 30.3 Å². The molecule has 1 saturated heterocycles. The number of anilines is 1. The lowest BCUT2D eigenvalue weighted by Gasteiger charge is -2.43. The Labute approximate surface area is 143 Å². The van der Waals surface area contributed by atoms with E-state index in [-0.39, 0.29) is 11.8 Å². The molecule has 0 unspecified atom stereocenters. The summed E-state index contributed by atoms with van der Waals surface area (Å²) in [4.78, 5) is 2.04. The molecule has 7 heteroatoms. The van der Waals surface area contributed by atoms with Crippen LogP contribution in [-0.2, 0) is 16.4 Å². The van der Waals surface area contributed by atoms with Gasteiger partial charge in [-0.15, -0.1) is 5.10 Å². The fraction of sp³-hybridized carbons (Fsp3) is 0.412. The van der Waals surface area contributed by atoms with Crippen molar-refractivity contribution in [2.45, 2.75) is 19.4 Å². The second-order valence-electron chi connectivity index (χ2n) is 6.16. The number of aryl methyl sites for hydroxylation is 2. The molecule has 24 heavy (non-hydrogen) atoms. The lowest BCUT2D eigenvalue weighted by molar-refractivity contribution is 0.309. The van der Waals surface area contributed by atoms with Crippen LogP contribution in [0, 0.1) is 6.92 Å². The van der Waals surface area contributed by atoms with E-state index < -0.39 is 10.0 Å². The summed E-state index contributed by atoms with van der Waals surface area (Å²) in [5, 5.41) is 8.18. The first kappa shape index (κ1) is 16.9. The molecule has 0 bridgehead atoms. The van der Waals surface area contributed by atoms with E-state index in [0.717, 1.165) is 17.1 Å². The Hall–Kier alpha value is -1.99. The van der Waals surface area contributed by atoms with Crippen LogP contribution in [0.1, 0.15) is 11.3 Å². The molecule has 128 valence electrons. The van der Waals surface area contributed by atoms with Crippen LogP contribution in [-0.4, -0.2) is 54.9 Å². The number of likely N-dealkylation sites (N-methyl/N-ethyl adjacent to an activating group) is 1. The predicted octanol–water partition coefficient (Wildman–Crippen LogP) is 1.48. The Kier molecular flexibility index (Phi) is 4.82. The van der Waals surface area contributed by atoms with Gasteiger partial charge in [0.1, 0.15) is 0 Å².